The van der Waals surface area contributed by atoms with E-state index in [0.717, 1.165) is 6.42 Å². The van der Waals surface area contributed by atoms with Crippen molar-refractivity contribution in [3.05, 3.63) is 22.7 Å². The number of carboxylic acids is 1. The van der Waals surface area contributed by atoms with Crippen molar-refractivity contribution in [2.45, 2.75) is 13.3 Å². The van der Waals surface area contributed by atoms with Crippen molar-refractivity contribution in [2.75, 3.05) is 30.8 Å². The molecule has 0 aliphatic rings. The summed E-state index contributed by atoms with van der Waals surface area (Å²) in [6.07, 6.45) is 0.771. The van der Waals surface area contributed by atoms with Crippen LogP contribution in [0.3, 0.4) is 0 Å². The van der Waals surface area contributed by atoms with Crippen molar-refractivity contribution in [2.24, 2.45) is 0 Å². The highest BCUT2D eigenvalue weighted by Crippen LogP contribution is 2.29. The highest BCUT2D eigenvalue weighted by atomic mass is 35.5. The van der Waals surface area contributed by atoms with E-state index in [9.17, 15) is 4.79 Å². The highest BCUT2D eigenvalue weighted by molar-refractivity contribution is 6.34. The van der Waals surface area contributed by atoms with Crippen molar-refractivity contribution in [3.63, 3.8) is 0 Å². The predicted octanol–water partition coefficient (Wildman–Crippen LogP) is 2.46. The van der Waals surface area contributed by atoms with E-state index in [2.05, 4.69) is 5.32 Å². The number of carbonyl (C=O) groups is 1. The molecule has 1 rings (SSSR count). The lowest BCUT2D eigenvalue weighted by atomic mass is 10.1. The van der Waals surface area contributed by atoms with Gasteiger partial charge in [-0.3, -0.25) is 0 Å². The van der Waals surface area contributed by atoms with E-state index in [1.54, 1.807) is 0 Å². The van der Waals surface area contributed by atoms with Crippen LogP contribution in [0, 0.1) is 0 Å². The van der Waals surface area contributed by atoms with Gasteiger partial charge in [-0.05, 0) is 25.5 Å². The van der Waals surface area contributed by atoms with Crippen LogP contribution in [0.2, 0.25) is 5.02 Å². The largest absolute Gasteiger partial charge is 0.478 e. The van der Waals surface area contributed by atoms with Crippen LogP contribution >= 0.6 is 11.6 Å². The monoisotopic (exact) mass is 272 g/mol. The Labute approximate surface area is 111 Å². The molecule has 0 saturated heterocycles. The standard InChI is InChI=1S/C12H17ClN2O3/c1-2-18-5-3-4-15-11-9(12(16)17)6-8(14)7-10(11)13/h6-7,15H,2-5,14H2,1H3,(H,16,17). The number of hydrogen-bond acceptors (Lipinski definition) is 4. The van der Waals surface area contributed by atoms with E-state index in [-0.39, 0.29) is 5.56 Å². The molecule has 0 spiro atoms. The van der Waals surface area contributed by atoms with Crippen molar-refractivity contribution in [3.8, 4) is 0 Å². The number of carboxylic acid groups (broad SMARTS) is 1. The van der Waals surface area contributed by atoms with Gasteiger partial charge in [-0.15, -0.1) is 0 Å². The summed E-state index contributed by atoms with van der Waals surface area (Å²) in [6, 6.07) is 2.91. The summed E-state index contributed by atoms with van der Waals surface area (Å²) in [7, 11) is 0. The number of nitrogen functional groups attached to an aromatic ring is 1. The Morgan fingerprint density at radius 2 is 2.28 bits per heavy atom. The fourth-order valence-corrected chi connectivity index (χ4v) is 1.80. The Morgan fingerprint density at radius 3 is 2.89 bits per heavy atom. The molecular weight excluding hydrogens is 256 g/mol. The van der Waals surface area contributed by atoms with Gasteiger partial charge in [0.2, 0.25) is 0 Å². The molecule has 0 amide bonds. The van der Waals surface area contributed by atoms with Crippen LogP contribution < -0.4 is 11.1 Å². The molecule has 0 fully saturated rings. The highest BCUT2D eigenvalue weighted by Gasteiger charge is 2.14. The first-order valence-corrected chi connectivity index (χ1v) is 6.08. The number of anilines is 2. The summed E-state index contributed by atoms with van der Waals surface area (Å²) < 4.78 is 5.19. The van der Waals surface area contributed by atoms with Crippen LogP contribution in [0.4, 0.5) is 11.4 Å². The second-order valence-electron chi connectivity index (χ2n) is 3.71. The van der Waals surface area contributed by atoms with Gasteiger partial charge in [0.25, 0.3) is 0 Å². The lowest BCUT2D eigenvalue weighted by molar-refractivity contribution is 0.0698. The normalized spacial score (nSPS) is 10.3. The molecule has 0 aromatic heterocycles. The molecule has 100 valence electrons. The molecule has 0 radical (unpaired) electrons. The third kappa shape index (κ3) is 4.09. The number of nitrogens with one attached hydrogen (secondary N) is 1. The summed E-state index contributed by atoms with van der Waals surface area (Å²) in [4.78, 5) is 11.1. The zero-order valence-electron chi connectivity index (χ0n) is 10.2. The summed E-state index contributed by atoms with van der Waals surface area (Å²) in [5.74, 6) is -1.06. The van der Waals surface area contributed by atoms with Crippen molar-refractivity contribution in [1.29, 1.82) is 0 Å². The first-order chi connectivity index (χ1) is 8.56. The van der Waals surface area contributed by atoms with Crippen molar-refractivity contribution < 1.29 is 14.6 Å². The first kappa shape index (κ1) is 14.6. The minimum Gasteiger partial charge on any atom is -0.478 e. The van der Waals surface area contributed by atoms with Gasteiger partial charge < -0.3 is 20.9 Å². The number of benzene rings is 1. The number of ether oxygens (including phenoxy) is 1. The molecule has 4 N–H and O–H groups in total. The summed E-state index contributed by atoms with van der Waals surface area (Å²) in [5.41, 5.74) is 6.37. The lowest BCUT2D eigenvalue weighted by Crippen LogP contribution is -2.11. The van der Waals surface area contributed by atoms with Crippen LogP contribution in [-0.2, 0) is 4.74 Å². The quantitative estimate of drug-likeness (QED) is 0.524. The number of nitrogens with two attached hydrogens (primary N) is 1. The molecular formula is C12H17ClN2O3. The Morgan fingerprint density at radius 1 is 1.56 bits per heavy atom. The average molecular weight is 273 g/mol. The van der Waals surface area contributed by atoms with Crippen LogP contribution in [0.25, 0.3) is 0 Å². The Balaban J connectivity index is 2.71. The molecule has 0 unspecified atom stereocenters. The van der Waals surface area contributed by atoms with Gasteiger partial charge in [0.15, 0.2) is 0 Å². The number of rotatable bonds is 7. The topological polar surface area (TPSA) is 84.6 Å². The fourth-order valence-electron chi connectivity index (χ4n) is 1.51. The maximum absolute atomic E-state index is 11.1. The Hall–Kier alpha value is -1.46. The second kappa shape index (κ2) is 7.08. The van der Waals surface area contributed by atoms with E-state index >= 15 is 0 Å². The summed E-state index contributed by atoms with van der Waals surface area (Å²) in [6.45, 7) is 3.80. The van der Waals surface area contributed by atoms with Gasteiger partial charge in [0, 0.05) is 25.4 Å². The molecule has 5 nitrogen and oxygen atoms in total. The summed E-state index contributed by atoms with van der Waals surface area (Å²) in [5, 5.41) is 12.4. The predicted molar refractivity (Wildman–Crippen MR) is 72.4 cm³/mol. The number of hydrogen-bond donors (Lipinski definition) is 3. The third-order valence-electron chi connectivity index (χ3n) is 2.31. The molecule has 1 aromatic rings. The van der Waals surface area contributed by atoms with Crippen molar-refractivity contribution >= 4 is 28.9 Å². The van der Waals surface area contributed by atoms with Gasteiger partial charge in [0.1, 0.15) is 0 Å². The lowest BCUT2D eigenvalue weighted by Gasteiger charge is -2.12. The van der Waals surface area contributed by atoms with Gasteiger partial charge in [-0.1, -0.05) is 11.6 Å². The number of halogens is 1. The van der Waals surface area contributed by atoms with E-state index in [1.807, 2.05) is 6.92 Å². The Kier molecular flexibility index (Phi) is 5.74. The molecule has 6 heteroatoms. The minimum atomic E-state index is -1.06. The van der Waals surface area contributed by atoms with Crippen LogP contribution in [0.15, 0.2) is 12.1 Å². The smallest absolute Gasteiger partial charge is 0.337 e. The molecule has 18 heavy (non-hydrogen) atoms. The zero-order valence-corrected chi connectivity index (χ0v) is 11.0. The average Bonchev–Trinajstić information content (AvgIpc) is 2.30. The summed E-state index contributed by atoms with van der Waals surface area (Å²) >= 11 is 5.98. The van der Waals surface area contributed by atoms with E-state index < -0.39 is 5.97 Å². The van der Waals surface area contributed by atoms with E-state index in [4.69, 9.17) is 27.2 Å². The fraction of sp³-hybridized carbons (Fsp3) is 0.417. The van der Waals surface area contributed by atoms with Gasteiger partial charge >= 0.3 is 5.97 Å². The van der Waals surface area contributed by atoms with E-state index in [0.29, 0.717) is 36.2 Å². The molecule has 0 atom stereocenters. The van der Waals surface area contributed by atoms with Crippen LogP contribution in [0.1, 0.15) is 23.7 Å². The van der Waals surface area contributed by atoms with Crippen LogP contribution in [0.5, 0.6) is 0 Å². The molecule has 0 bridgehead atoms. The maximum atomic E-state index is 11.1. The zero-order chi connectivity index (χ0) is 13.5. The number of aromatic carboxylic acids is 1. The van der Waals surface area contributed by atoms with Gasteiger partial charge in [-0.25, -0.2) is 4.79 Å². The SMILES string of the molecule is CCOCCCNc1c(Cl)cc(N)cc1C(=O)O. The molecule has 0 aliphatic heterocycles. The minimum absolute atomic E-state index is 0.0800. The van der Waals surface area contributed by atoms with Crippen molar-refractivity contribution in [1.82, 2.24) is 0 Å². The second-order valence-corrected chi connectivity index (χ2v) is 4.11. The molecule has 0 saturated carbocycles. The third-order valence-corrected chi connectivity index (χ3v) is 2.61. The Bertz CT molecular complexity index is 424. The molecule has 1 aromatic carbocycles. The van der Waals surface area contributed by atoms with Gasteiger partial charge in [-0.2, -0.15) is 0 Å². The van der Waals surface area contributed by atoms with Gasteiger partial charge in [0.05, 0.1) is 16.3 Å². The molecule has 0 aliphatic carbocycles. The molecule has 0 heterocycles. The van der Waals surface area contributed by atoms with Crippen LogP contribution in [-0.4, -0.2) is 30.8 Å². The first-order valence-electron chi connectivity index (χ1n) is 5.70. The van der Waals surface area contributed by atoms with E-state index in [1.165, 1.54) is 12.1 Å². The maximum Gasteiger partial charge on any atom is 0.337 e.